The molecule has 0 bridgehead atoms. The van der Waals surface area contributed by atoms with E-state index in [0.717, 1.165) is 17.6 Å². The van der Waals surface area contributed by atoms with E-state index in [0.29, 0.717) is 0 Å². The summed E-state index contributed by atoms with van der Waals surface area (Å²) in [6.45, 7) is 17.1. The van der Waals surface area contributed by atoms with E-state index in [1.54, 1.807) is 0 Å². The molecule has 8 heteroatoms. The Bertz CT molecular complexity index is 397. The second kappa shape index (κ2) is 12.9. The fraction of sp³-hybridized carbons (Fsp3) is 0.800. The summed E-state index contributed by atoms with van der Waals surface area (Å²) in [5, 5.41) is 0. The molecule has 0 aromatic carbocycles. The molecule has 0 spiro atoms. The molecule has 1 nitrogen and oxygen atoms in total. The fourth-order valence-electron chi connectivity index (χ4n) is 3.16. The Labute approximate surface area is 167 Å². The summed E-state index contributed by atoms with van der Waals surface area (Å²) in [6.07, 6.45) is 18.3. The van der Waals surface area contributed by atoms with Gasteiger partial charge in [0.15, 0.2) is 0 Å². The average molecular weight is 440 g/mol. The molecule has 28 heavy (non-hydrogen) atoms. The summed E-state index contributed by atoms with van der Waals surface area (Å²) in [7, 11) is -10.7. The summed E-state index contributed by atoms with van der Waals surface area (Å²) in [5.41, 5.74) is 0. The number of rotatable bonds is 16. The van der Waals surface area contributed by atoms with E-state index < -0.39 is 7.81 Å². The number of hydrogen-bond acceptors (Lipinski definition) is 0. The molecule has 0 radical (unpaired) electrons. The Morgan fingerprint density at radius 1 is 0.643 bits per heavy atom. The van der Waals surface area contributed by atoms with Crippen molar-refractivity contribution < 1.29 is 29.7 Å². The first-order valence-electron chi connectivity index (χ1n) is 10.3. The summed E-state index contributed by atoms with van der Waals surface area (Å²) in [4.78, 5) is 0. The van der Waals surface area contributed by atoms with Gasteiger partial charge in [-0.3, -0.25) is 0 Å². The van der Waals surface area contributed by atoms with Crippen LogP contribution in [0.2, 0.25) is 0 Å². The van der Waals surface area contributed by atoms with Crippen LogP contribution in [0, 0.1) is 0 Å². The van der Waals surface area contributed by atoms with E-state index in [9.17, 15) is 25.2 Å². The predicted molar refractivity (Wildman–Crippen MR) is 111 cm³/mol. The molecule has 0 aromatic rings. The molecule has 0 saturated heterocycles. The van der Waals surface area contributed by atoms with Crippen molar-refractivity contribution in [3.63, 3.8) is 0 Å². The van der Waals surface area contributed by atoms with Crippen LogP contribution in [0.15, 0.2) is 25.3 Å². The molecule has 0 aliphatic heterocycles. The first-order chi connectivity index (χ1) is 12.7. The van der Waals surface area contributed by atoms with Crippen LogP contribution in [0.4, 0.5) is 25.2 Å². The molecule has 0 aliphatic carbocycles. The molecule has 0 aromatic heterocycles. The Morgan fingerprint density at radius 3 is 1.25 bits per heavy atom. The maximum absolute atomic E-state index is 10.7. The molecule has 0 amide bonds. The van der Waals surface area contributed by atoms with Crippen LogP contribution in [0.3, 0.4) is 0 Å². The van der Waals surface area contributed by atoms with Crippen molar-refractivity contribution in [1.29, 1.82) is 0 Å². The normalized spacial score (nSPS) is 14.4. The third-order valence-electron chi connectivity index (χ3n) is 4.69. The molecular formula is C20H40F6NP. The third kappa shape index (κ3) is 27.7. The average Bonchev–Trinajstić information content (AvgIpc) is 2.54. The van der Waals surface area contributed by atoms with Crippen LogP contribution in [0.5, 0.6) is 0 Å². The van der Waals surface area contributed by atoms with Gasteiger partial charge in [0.05, 0.1) is 26.2 Å². The summed E-state index contributed by atoms with van der Waals surface area (Å²) in [6, 6.07) is 0. The molecule has 0 heterocycles. The van der Waals surface area contributed by atoms with Crippen LogP contribution in [-0.2, 0) is 0 Å². The first kappa shape index (κ1) is 29.6. The van der Waals surface area contributed by atoms with Crippen LogP contribution in [-0.4, -0.2) is 30.7 Å². The van der Waals surface area contributed by atoms with Crippen molar-refractivity contribution in [2.75, 3.05) is 26.2 Å². The Balaban J connectivity index is 0. The summed E-state index contributed by atoms with van der Waals surface area (Å²) < 4.78 is 60.3. The number of unbranched alkanes of at least 4 members (excludes halogenated alkanes) is 9. The molecule has 0 atom stereocenters. The van der Waals surface area contributed by atoms with Gasteiger partial charge in [-0.2, -0.15) is 0 Å². The first-order valence-corrected chi connectivity index (χ1v) is 12.4. The van der Waals surface area contributed by atoms with Crippen LogP contribution in [0.25, 0.3) is 0 Å². The van der Waals surface area contributed by atoms with Gasteiger partial charge in [-0.25, -0.2) is 0 Å². The Hall–Kier alpha value is -0.550. The van der Waals surface area contributed by atoms with E-state index in [2.05, 4.69) is 39.2 Å². The quantitative estimate of drug-likeness (QED) is 0.0738. The molecule has 0 saturated carbocycles. The minimum absolute atomic E-state index is 1.08. The zero-order chi connectivity index (χ0) is 22.2. The molecule has 0 aliphatic rings. The van der Waals surface area contributed by atoms with Gasteiger partial charge in [0.25, 0.3) is 0 Å². The minimum atomic E-state index is -10.7. The monoisotopic (exact) mass is 439 g/mol. The van der Waals surface area contributed by atoms with Gasteiger partial charge < -0.3 is 4.48 Å². The number of quaternary nitrogens is 1. The van der Waals surface area contributed by atoms with E-state index in [1.807, 2.05) is 0 Å². The SMILES string of the molecule is C=CC[N+](CC)(CC=C)CCCCCCCCCCCC.F[P-](F)(F)(F)(F)F. The van der Waals surface area contributed by atoms with E-state index in [1.165, 1.54) is 77.3 Å². The maximum atomic E-state index is 9.87. The fourth-order valence-corrected chi connectivity index (χ4v) is 3.16. The van der Waals surface area contributed by atoms with Gasteiger partial charge >= 0.3 is 33.0 Å². The second-order valence-corrected chi connectivity index (χ2v) is 9.38. The molecular weight excluding hydrogens is 399 g/mol. The van der Waals surface area contributed by atoms with Gasteiger partial charge in [-0.05, 0) is 31.9 Å². The van der Waals surface area contributed by atoms with Crippen molar-refractivity contribution in [3.8, 4) is 0 Å². The molecule has 0 N–H and O–H groups in total. The topological polar surface area (TPSA) is 0 Å². The van der Waals surface area contributed by atoms with E-state index >= 15 is 0 Å². The van der Waals surface area contributed by atoms with Crippen molar-refractivity contribution >= 4 is 7.81 Å². The van der Waals surface area contributed by atoms with Gasteiger partial charge in [0, 0.05) is 0 Å². The van der Waals surface area contributed by atoms with Crippen molar-refractivity contribution in [2.45, 2.75) is 78.1 Å². The standard InChI is InChI=1S/C20H40N.F6P/c1-5-9-10-11-12-13-14-15-16-17-20-21(8-4,18-6-2)19-7-3;1-7(2,3,4,5)6/h6-7H,2-3,5,8-20H2,1,4H3;/q+1;-1. The zero-order valence-corrected chi connectivity index (χ0v) is 18.5. The second-order valence-electron chi connectivity index (χ2n) is 7.46. The van der Waals surface area contributed by atoms with Crippen LogP contribution in [0.1, 0.15) is 78.1 Å². The van der Waals surface area contributed by atoms with E-state index in [4.69, 9.17) is 0 Å². The van der Waals surface area contributed by atoms with Crippen LogP contribution >= 0.6 is 7.81 Å². The van der Waals surface area contributed by atoms with Crippen LogP contribution < -0.4 is 0 Å². The number of likely N-dealkylation sites (N-methyl/N-ethyl adjacent to an activating group) is 1. The number of nitrogens with zero attached hydrogens (tertiary/aromatic N) is 1. The summed E-state index contributed by atoms with van der Waals surface area (Å²) in [5.74, 6) is 0. The van der Waals surface area contributed by atoms with Crippen molar-refractivity contribution in [1.82, 2.24) is 0 Å². The number of hydrogen-bond donors (Lipinski definition) is 0. The summed E-state index contributed by atoms with van der Waals surface area (Å²) >= 11 is 0. The molecule has 0 rings (SSSR count). The van der Waals surface area contributed by atoms with Crippen molar-refractivity contribution in [3.05, 3.63) is 25.3 Å². The van der Waals surface area contributed by atoms with E-state index in [-0.39, 0.29) is 0 Å². The Morgan fingerprint density at radius 2 is 0.964 bits per heavy atom. The van der Waals surface area contributed by atoms with Crippen molar-refractivity contribution in [2.24, 2.45) is 0 Å². The number of halogens is 6. The van der Waals surface area contributed by atoms with Gasteiger partial charge in [-0.15, -0.1) is 0 Å². The van der Waals surface area contributed by atoms with Gasteiger partial charge in [-0.1, -0.05) is 71.4 Å². The zero-order valence-electron chi connectivity index (χ0n) is 17.6. The molecule has 0 fully saturated rings. The Kier molecular flexibility index (Phi) is 13.7. The molecule has 172 valence electrons. The molecule has 0 unspecified atom stereocenters. The van der Waals surface area contributed by atoms with Gasteiger partial charge in [0.2, 0.25) is 0 Å². The van der Waals surface area contributed by atoms with Gasteiger partial charge in [0.1, 0.15) is 0 Å². The predicted octanol–water partition coefficient (Wildman–Crippen LogP) is 9.50. The third-order valence-corrected chi connectivity index (χ3v) is 4.69.